The standard InChI is InChI=1S/C13H16BrNO4/c1-3-18-13(19-4-2)11(17)7-10(16)9-5-6-12(14)15-8-9/h5-6,8,13H,3-4,7H2,1-2H3. The van der Waals surface area contributed by atoms with Crippen LogP contribution in [0.25, 0.3) is 0 Å². The highest BCUT2D eigenvalue weighted by Crippen LogP contribution is 2.10. The maximum absolute atomic E-state index is 11.9. The number of ketones is 2. The first-order valence-electron chi connectivity index (χ1n) is 5.99. The van der Waals surface area contributed by atoms with Gasteiger partial charge in [-0.25, -0.2) is 4.98 Å². The summed E-state index contributed by atoms with van der Waals surface area (Å²) in [6.45, 7) is 4.23. The van der Waals surface area contributed by atoms with Gasteiger partial charge in [-0.15, -0.1) is 0 Å². The van der Waals surface area contributed by atoms with Crippen LogP contribution in [0.5, 0.6) is 0 Å². The van der Waals surface area contributed by atoms with Crippen molar-refractivity contribution >= 4 is 27.5 Å². The molecule has 6 heteroatoms. The fourth-order valence-electron chi connectivity index (χ4n) is 1.42. The first-order valence-corrected chi connectivity index (χ1v) is 6.78. The highest BCUT2D eigenvalue weighted by atomic mass is 79.9. The van der Waals surface area contributed by atoms with E-state index in [1.807, 2.05) is 0 Å². The molecule has 0 N–H and O–H groups in total. The molecule has 1 rings (SSSR count). The third-order valence-electron chi connectivity index (χ3n) is 2.28. The summed E-state index contributed by atoms with van der Waals surface area (Å²) in [4.78, 5) is 27.7. The van der Waals surface area contributed by atoms with Gasteiger partial charge < -0.3 is 9.47 Å². The molecule has 19 heavy (non-hydrogen) atoms. The van der Waals surface area contributed by atoms with E-state index in [1.165, 1.54) is 6.20 Å². The molecule has 1 heterocycles. The van der Waals surface area contributed by atoms with Crippen molar-refractivity contribution in [1.29, 1.82) is 0 Å². The quantitative estimate of drug-likeness (QED) is 0.317. The highest BCUT2D eigenvalue weighted by molar-refractivity contribution is 9.10. The van der Waals surface area contributed by atoms with E-state index >= 15 is 0 Å². The number of rotatable bonds is 8. The summed E-state index contributed by atoms with van der Waals surface area (Å²) in [6, 6.07) is 3.27. The Kier molecular flexibility index (Phi) is 6.83. The lowest BCUT2D eigenvalue weighted by atomic mass is 10.1. The van der Waals surface area contributed by atoms with E-state index in [0.29, 0.717) is 23.4 Å². The second kappa shape index (κ2) is 8.14. The van der Waals surface area contributed by atoms with Crippen LogP contribution in [0.1, 0.15) is 30.6 Å². The number of carbonyl (C=O) groups is 2. The van der Waals surface area contributed by atoms with Crippen molar-refractivity contribution in [2.75, 3.05) is 13.2 Å². The van der Waals surface area contributed by atoms with Crippen molar-refractivity contribution in [3.05, 3.63) is 28.5 Å². The first-order chi connectivity index (χ1) is 9.08. The van der Waals surface area contributed by atoms with Crippen LogP contribution in [-0.2, 0) is 14.3 Å². The van der Waals surface area contributed by atoms with Gasteiger partial charge in [0.2, 0.25) is 6.29 Å². The summed E-state index contributed by atoms with van der Waals surface area (Å²) < 4.78 is 10.9. The normalized spacial score (nSPS) is 10.7. The molecule has 0 saturated heterocycles. The molecule has 0 spiro atoms. The van der Waals surface area contributed by atoms with Crippen molar-refractivity contribution in [3.8, 4) is 0 Å². The second-order valence-corrected chi connectivity index (χ2v) is 4.49. The number of hydrogen-bond donors (Lipinski definition) is 0. The molecule has 104 valence electrons. The molecule has 0 aliphatic rings. The van der Waals surface area contributed by atoms with Gasteiger partial charge in [-0.05, 0) is 41.9 Å². The van der Waals surface area contributed by atoms with Crippen molar-refractivity contribution in [1.82, 2.24) is 4.98 Å². The summed E-state index contributed by atoms with van der Waals surface area (Å²) in [7, 11) is 0. The van der Waals surface area contributed by atoms with Gasteiger partial charge in [-0.2, -0.15) is 0 Å². The molecule has 0 fully saturated rings. The molecule has 0 bridgehead atoms. The molecular formula is C13H16BrNO4. The number of aromatic nitrogens is 1. The van der Waals surface area contributed by atoms with Crippen LogP contribution in [0.15, 0.2) is 22.9 Å². The van der Waals surface area contributed by atoms with Gasteiger partial charge in [-0.3, -0.25) is 9.59 Å². The second-order valence-electron chi connectivity index (χ2n) is 3.68. The summed E-state index contributed by atoms with van der Waals surface area (Å²) in [5, 5.41) is 0. The smallest absolute Gasteiger partial charge is 0.218 e. The predicted molar refractivity (Wildman–Crippen MR) is 72.9 cm³/mol. The van der Waals surface area contributed by atoms with Gasteiger partial charge >= 0.3 is 0 Å². The van der Waals surface area contributed by atoms with Gasteiger partial charge in [0.15, 0.2) is 11.6 Å². The van der Waals surface area contributed by atoms with E-state index < -0.39 is 6.29 Å². The van der Waals surface area contributed by atoms with E-state index in [4.69, 9.17) is 9.47 Å². The molecule has 0 amide bonds. The van der Waals surface area contributed by atoms with Gasteiger partial charge in [0.25, 0.3) is 0 Å². The number of ether oxygens (including phenoxy) is 2. The third kappa shape index (κ3) is 5.18. The maximum Gasteiger partial charge on any atom is 0.218 e. The fourth-order valence-corrected chi connectivity index (χ4v) is 1.66. The number of pyridine rings is 1. The van der Waals surface area contributed by atoms with E-state index in [9.17, 15) is 9.59 Å². The Hall–Kier alpha value is -1.11. The maximum atomic E-state index is 11.9. The Morgan fingerprint density at radius 1 is 1.26 bits per heavy atom. The predicted octanol–water partition coefficient (Wildman–Crippen LogP) is 2.39. The lowest BCUT2D eigenvalue weighted by Gasteiger charge is -2.14. The summed E-state index contributed by atoms with van der Waals surface area (Å²) in [5.74, 6) is -0.675. The van der Waals surface area contributed by atoms with Crippen LogP contribution in [0.2, 0.25) is 0 Å². The van der Waals surface area contributed by atoms with Crippen molar-refractivity contribution in [2.45, 2.75) is 26.6 Å². The van der Waals surface area contributed by atoms with Crippen LogP contribution in [-0.4, -0.2) is 36.1 Å². The van der Waals surface area contributed by atoms with Gasteiger partial charge in [-0.1, -0.05) is 0 Å². The largest absolute Gasteiger partial charge is 0.346 e. The molecule has 0 unspecified atom stereocenters. The molecular weight excluding hydrogens is 314 g/mol. The van der Waals surface area contributed by atoms with E-state index in [1.54, 1.807) is 26.0 Å². The molecule has 0 aliphatic carbocycles. The van der Waals surface area contributed by atoms with Gasteiger partial charge in [0.1, 0.15) is 4.60 Å². The molecule has 0 aliphatic heterocycles. The molecule has 1 aromatic rings. The minimum atomic E-state index is -0.970. The van der Waals surface area contributed by atoms with Gasteiger partial charge in [0, 0.05) is 25.0 Å². The average molecular weight is 330 g/mol. The van der Waals surface area contributed by atoms with Crippen LogP contribution in [0, 0.1) is 0 Å². The van der Waals surface area contributed by atoms with Crippen molar-refractivity contribution in [2.24, 2.45) is 0 Å². The highest BCUT2D eigenvalue weighted by Gasteiger charge is 2.22. The lowest BCUT2D eigenvalue weighted by Crippen LogP contribution is -2.29. The number of halogens is 1. The summed E-state index contributed by atoms with van der Waals surface area (Å²) >= 11 is 3.18. The zero-order valence-electron chi connectivity index (χ0n) is 10.9. The van der Waals surface area contributed by atoms with Crippen LogP contribution in [0.3, 0.4) is 0 Å². The van der Waals surface area contributed by atoms with Gasteiger partial charge in [0.05, 0.1) is 6.42 Å². The molecule has 0 aromatic carbocycles. The Morgan fingerprint density at radius 3 is 2.37 bits per heavy atom. The van der Waals surface area contributed by atoms with Crippen LogP contribution in [0.4, 0.5) is 0 Å². The zero-order chi connectivity index (χ0) is 14.3. The minimum absolute atomic E-state index is 0.256. The molecule has 5 nitrogen and oxygen atoms in total. The number of carbonyl (C=O) groups excluding carboxylic acids is 2. The zero-order valence-corrected chi connectivity index (χ0v) is 12.5. The van der Waals surface area contributed by atoms with Crippen LogP contribution < -0.4 is 0 Å². The minimum Gasteiger partial charge on any atom is -0.346 e. The summed E-state index contributed by atoms with van der Waals surface area (Å²) in [5.41, 5.74) is 0.392. The SMILES string of the molecule is CCOC(OCC)C(=O)CC(=O)c1ccc(Br)nc1. The topological polar surface area (TPSA) is 65.5 Å². The monoisotopic (exact) mass is 329 g/mol. The Balaban J connectivity index is 2.64. The number of Topliss-reactive ketones (excluding diaryl/α,β-unsaturated/α-hetero) is 2. The molecule has 0 radical (unpaired) electrons. The van der Waals surface area contributed by atoms with E-state index in [-0.39, 0.29) is 18.0 Å². The molecule has 1 aromatic heterocycles. The Bertz CT molecular complexity index is 427. The number of nitrogens with zero attached hydrogens (tertiary/aromatic N) is 1. The van der Waals surface area contributed by atoms with E-state index in [0.717, 1.165) is 0 Å². The first kappa shape index (κ1) is 15.9. The van der Waals surface area contributed by atoms with Crippen LogP contribution >= 0.6 is 15.9 Å². The fraction of sp³-hybridized carbons (Fsp3) is 0.462. The Labute approximate surface area is 120 Å². The van der Waals surface area contributed by atoms with Crippen molar-refractivity contribution in [3.63, 3.8) is 0 Å². The lowest BCUT2D eigenvalue weighted by molar-refractivity contribution is -0.166. The summed E-state index contributed by atoms with van der Waals surface area (Å²) in [6.07, 6.45) is 0.201. The third-order valence-corrected chi connectivity index (χ3v) is 2.75. The van der Waals surface area contributed by atoms with Crippen molar-refractivity contribution < 1.29 is 19.1 Å². The molecule has 0 saturated carbocycles. The van der Waals surface area contributed by atoms with E-state index in [2.05, 4.69) is 20.9 Å². The average Bonchev–Trinajstić information content (AvgIpc) is 2.39. The molecule has 0 atom stereocenters. The number of hydrogen-bond acceptors (Lipinski definition) is 5. The Morgan fingerprint density at radius 2 is 1.89 bits per heavy atom.